The van der Waals surface area contributed by atoms with Crippen LogP contribution in [0, 0.1) is 5.41 Å². The van der Waals surface area contributed by atoms with Gasteiger partial charge in [0, 0.05) is 52.6 Å². The predicted octanol–water partition coefficient (Wildman–Crippen LogP) is 8.72. The Bertz CT molecular complexity index is 2110. The third-order valence-electron chi connectivity index (χ3n) is 9.47. The minimum Gasteiger partial charge on any atom is -0.261 e. The van der Waals surface area contributed by atoms with Gasteiger partial charge in [0.25, 0.3) is 0 Å². The van der Waals surface area contributed by atoms with Crippen molar-refractivity contribution >= 4 is 0 Å². The molecule has 7 heteroatoms. The van der Waals surface area contributed by atoms with Gasteiger partial charge in [-0.05, 0) is 59.4 Å². The van der Waals surface area contributed by atoms with Crippen molar-refractivity contribution in [3.8, 4) is 67.8 Å². The molecule has 1 spiro atoms. The first kappa shape index (κ1) is 27.4. The van der Waals surface area contributed by atoms with Crippen LogP contribution in [-0.4, -0.2) is 34.9 Å². The van der Waals surface area contributed by atoms with Crippen LogP contribution in [0.2, 0.25) is 0 Å². The fraction of sp³-hybridized carbons (Fsp3) is 0.125. The molecule has 0 amide bonds. The molecule has 1 atom stereocenters. The van der Waals surface area contributed by atoms with Crippen molar-refractivity contribution in [2.45, 2.75) is 25.2 Å². The normalized spacial score (nSPS) is 15.8. The number of aromatic nitrogens is 7. The zero-order valence-corrected chi connectivity index (χ0v) is 25.5. The SMILES string of the molecule is c1cc(-c2cnccn2)cc(-c2nc(-c3ccc(-c4ccc(C5CC56CC6)cc4)cc3)nc(-c3cccc(-c4cnccn4)c3)n2)c1. The molecule has 3 aromatic heterocycles. The van der Waals surface area contributed by atoms with Gasteiger partial charge >= 0.3 is 0 Å². The maximum absolute atomic E-state index is 4.99. The molecule has 224 valence electrons. The fourth-order valence-corrected chi connectivity index (χ4v) is 6.55. The highest BCUT2D eigenvalue weighted by atomic mass is 15.0. The van der Waals surface area contributed by atoms with E-state index < -0.39 is 0 Å². The first-order valence-corrected chi connectivity index (χ1v) is 15.9. The number of hydrogen-bond acceptors (Lipinski definition) is 7. The molecule has 0 N–H and O–H groups in total. The second-order valence-electron chi connectivity index (χ2n) is 12.5. The van der Waals surface area contributed by atoms with Crippen LogP contribution in [0.1, 0.15) is 30.7 Å². The van der Waals surface area contributed by atoms with E-state index in [4.69, 9.17) is 15.0 Å². The van der Waals surface area contributed by atoms with E-state index in [1.165, 1.54) is 36.0 Å². The highest BCUT2D eigenvalue weighted by Gasteiger charge is 2.62. The summed E-state index contributed by atoms with van der Waals surface area (Å²) < 4.78 is 0. The van der Waals surface area contributed by atoms with Crippen LogP contribution in [0.15, 0.2) is 134 Å². The lowest BCUT2D eigenvalue weighted by Crippen LogP contribution is -2.00. The van der Waals surface area contributed by atoms with Crippen molar-refractivity contribution in [3.05, 3.63) is 140 Å². The molecule has 0 bridgehead atoms. The number of benzene rings is 4. The van der Waals surface area contributed by atoms with E-state index in [1.807, 2.05) is 48.5 Å². The number of nitrogens with zero attached hydrogens (tertiary/aromatic N) is 7. The highest BCUT2D eigenvalue weighted by molar-refractivity contribution is 5.74. The topological polar surface area (TPSA) is 90.2 Å². The lowest BCUT2D eigenvalue weighted by molar-refractivity contribution is 0.840. The van der Waals surface area contributed by atoms with Gasteiger partial charge in [0.05, 0.1) is 23.8 Å². The quantitative estimate of drug-likeness (QED) is 0.179. The van der Waals surface area contributed by atoms with Crippen molar-refractivity contribution in [3.63, 3.8) is 0 Å². The Labute approximate surface area is 272 Å². The summed E-state index contributed by atoms with van der Waals surface area (Å²) in [4.78, 5) is 32.4. The third kappa shape index (κ3) is 5.36. The van der Waals surface area contributed by atoms with Gasteiger partial charge in [-0.2, -0.15) is 0 Å². The highest BCUT2D eigenvalue weighted by Crippen LogP contribution is 2.74. The summed E-state index contributed by atoms with van der Waals surface area (Å²) in [7, 11) is 0. The lowest BCUT2D eigenvalue weighted by atomic mass is 10.00. The Balaban J connectivity index is 1.10. The molecule has 4 aromatic carbocycles. The van der Waals surface area contributed by atoms with Gasteiger partial charge < -0.3 is 0 Å². The molecular weight excluding hydrogens is 578 g/mol. The van der Waals surface area contributed by atoms with Crippen molar-refractivity contribution in [1.82, 2.24) is 34.9 Å². The standard InChI is InChI=1S/C40H29N7/c1-3-30(35-24-41-17-19-43-35)21-32(5-1)38-45-37(46-39(47-38)33-6-2-4-31(22-33)36-25-42-18-20-44-36)29-13-9-27(10-14-29)26-7-11-28(12-8-26)34-23-40(34)15-16-40/h1-14,17-22,24-25,34H,15-16,23H2. The monoisotopic (exact) mass is 607 g/mol. The molecule has 2 saturated carbocycles. The van der Waals surface area contributed by atoms with Crippen LogP contribution in [0.3, 0.4) is 0 Å². The zero-order valence-electron chi connectivity index (χ0n) is 25.5. The molecule has 1 unspecified atom stereocenters. The van der Waals surface area contributed by atoms with Gasteiger partial charge in [0.2, 0.25) is 0 Å². The van der Waals surface area contributed by atoms with Crippen LogP contribution in [0.25, 0.3) is 67.8 Å². The summed E-state index contributed by atoms with van der Waals surface area (Å²) in [6, 6.07) is 33.8. The van der Waals surface area contributed by atoms with Gasteiger partial charge in [-0.15, -0.1) is 0 Å². The van der Waals surface area contributed by atoms with Gasteiger partial charge in [0.1, 0.15) is 0 Å². The molecule has 7 aromatic rings. The molecule has 47 heavy (non-hydrogen) atoms. The smallest absolute Gasteiger partial charge is 0.164 e. The summed E-state index contributed by atoms with van der Waals surface area (Å²) in [5.41, 5.74) is 10.6. The summed E-state index contributed by atoms with van der Waals surface area (Å²) in [6.45, 7) is 0. The molecule has 3 heterocycles. The van der Waals surface area contributed by atoms with Crippen LogP contribution in [-0.2, 0) is 0 Å². The van der Waals surface area contributed by atoms with E-state index in [0.29, 0.717) is 22.9 Å². The van der Waals surface area contributed by atoms with Gasteiger partial charge in [-0.25, -0.2) is 15.0 Å². The van der Waals surface area contributed by atoms with E-state index in [1.54, 1.807) is 37.2 Å². The predicted molar refractivity (Wildman–Crippen MR) is 183 cm³/mol. The summed E-state index contributed by atoms with van der Waals surface area (Å²) >= 11 is 0. The Hall–Kier alpha value is -5.95. The van der Waals surface area contributed by atoms with Crippen LogP contribution in [0.4, 0.5) is 0 Å². The van der Waals surface area contributed by atoms with Crippen molar-refractivity contribution in [2.75, 3.05) is 0 Å². The summed E-state index contributed by atoms with van der Waals surface area (Å²) in [5.74, 6) is 2.53. The molecule has 0 radical (unpaired) electrons. The van der Waals surface area contributed by atoms with E-state index >= 15 is 0 Å². The minimum atomic E-state index is 0.578. The van der Waals surface area contributed by atoms with Crippen molar-refractivity contribution in [1.29, 1.82) is 0 Å². The van der Waals surface area contributed by atoms with E-state index in [-0.39, 0.29) is 0 Å². The molecule has 2 aliphatic carbocycles. The summed E-state index contributed by atoms with van der Waals surface area (Å²) in [6.07, 6.45) is 14.4. The number of rotatable bonds is 7. The Morgan fingerprint density at radius 3 is 1.40 bits per heavy atom. The maximum Gasteiger partial charge on any atom is 0.164 e. The Morgan fingerprint density at radius 1 is 0.468 bits per heavy atom. The summed E-state index contributed by atoms with van der Waals surface area (Å²) in [5, 5.41) is 0. The van der Waals surface area contributed by atoms with E-state index in [9.17, 15) is 0 Å². The first-order chi connectivity index (χ1) is 23.2. The molecule has 2 fully saturated rings. The van der Waals surface area contributed by atoms with Crippen molar-refractivity contribution in [2.24, 2.45) is 5.41 Å². The van der Waals surface area contributed by atoms with Crippen molar-refractivity contribution < 1.29 is 0 Å². The maximum atomic E-state index is 4.99. The van der Waals surface area contributed by atoms with Gasteiger partial charge in [0.15, 0.2) is 17.5 Å². The molecule has 9 rings (SSSR count). The molecular formula is C40H29N7. The molecule has 0 aliphatic heterocycles. The fourth-order valence-electron chi connectivity index (χ4n) is 6.55. The zero-order chi connectivity index (χ0) is 31.2. The van der Waals surface area contributed by atoms with Crippen LogP contribution >= 0.6 is 0 Å². The van der Waals surface area contributed by atoms with E-state index in [2.05, 4.69) is 68.5 Å². The average molecular weight is 608 g/mol. The largest absolute Gasteiger partial charge is 0.261 e. The second kappa shape index (κ2) is 11.1. The minimum absolute atomic E-state index is 0.578. The van der Waals surface area contributed by atoms with Gasteiger partial charge in [-0.1, -0.05) is 84.9 Å². The van der Waals surface area contributed by atoms with Crippen LogP contribution in [0.5, 0.6) is 0 Å². The van der Waals surface area contributed by atoms with E-state index in [0.717, 1.165) is 45.1 Å². The Morgan fingerprint density at radius 2 is 0.936 bits per heavy atom. The molecule has 7 nitrogen and oxygen atoms in total. The van der Waals surface area contributed by atoms with Crippen LogP contribution < -0.4 is 0 Å². The second-order valence-corrected chi connectivity index (χ2v) is 12.5. The molecule has 0 saturated heterocycles. The van der Waals surface area contributed by atoms with Gasteiger partial charge in [-0.3, -0.25) is 19.9 Å². The first-order valence-electron chi connectivity index (χ1n) is 15.9. The average Bonchev–Trinajstić information content (AvgIpc) is 4.10. The Kier molecular flexibility index (Phi) is 6.49. The lowest BCUT2D eigenvalue weighted by Gasteiger charge is -2.11. The molecule has 2 aliphatic rings. The number of hydrogen-bond donors (Lipinski definition) is 0. The third-order valence-corrected chi connectivity index (χ3v) is 9.47.